The zero-order valence-electron chi connectivity index (χ0n) is 19.2. The van der Waals surface area contributed by atoms with Gasteiger partial charge in [-0.1, -0.05) is 45.2 Å². The molecule has 0 bridgehead atoms. The van der Waals surface area contributed by atoms with Gasteiger partial charge < -0.3 is 20.0 Å². The van der Waals surface area contributed by atoms with Gasteiger partial charge in [-0.05, 0) is 55.7 Å². The Hall–Kier alpha value is -2.08. The monoisotopic (exact) mass is 430 g/mol. The minimum absolute atomic E-state index is 0.0464. The summed E-state index contributed by atoms with van der Waals surface area (Å²) in [5.41, 5.74) is 2.60. The molecule has 3 atom stereocenters. The van der Waals surface area contributed by atoms with Gasteiger partial charge in [0, 0.05) is 31.4 Å². The molecule has 2 aliphatic rings. The van der Waals surface area contributed by atoms with Gasteiger partial charge in [0.2, 0.25) is 5.91 Å². The van der Waals surface area contributed by atoms with E-state index >= 15 is 0 Å². The number of anilines is 1. The molecule has 31 heavy (non-hydrogen) atoms. The van der Waals surface area contributed by atoms with Gasteiger partial charge in [-0.2, -0.15) is 0 Å². The normalized spacial score (nSPS) is 22.4. The topological polar surface area (TPSA) is 81.1 Å². The summed E-state index contributed by atoms with van der Waals surface area (Å²) in [6.45, 7) is 7.81. The van der Waals surface area contributed by atoms with E-state index < -0.39 is 18.0 Å². The Labute approximate surface area is 186 Å². The highest BCUT2D eigenvalue weighted by Gasteiger charge is 2.38. The fraction of sp³-hybridized carbons (Fsp3) is 0.680. The highest BCUT2D eigenvalue weighted by molar-refractivity contribution is 5.86. The van der Waals surface area contributed by atoms with Crippen LogP contribution in [0.2, 0.25) is 0 Å². The second-order valence-electron chi connectivity index (χ2n) is 9.77. The molecule has 1 saturated carbocycles. The van der Waals surface area contributed by atoms with Gasteiger partial charge in [-0.3, -0.25) is 4.79 Å². The van der Waals surface area contributed by atoms with Crippen LogP contribution in [0.3, 0.4) is 0 Å². The maximum atomic E-state index is 13.1. The van der Waals surface area contributed by atoms with E-state index in [1.54, 1.807) is 4.90 Å². The second-order valence-corrected chi connectivity index (χ2v) is 9.77. The van der Waals surface area contributed by atoms with Gasteiger partial charge in [-0.25, -0.2) is 4.79 Å². The number of piperazine rings is 1. The molecular formula is C25H38N2O4. The van der Waals surface area contributed by atoms with Crippen molar-refractivity contribution < 1.29 is 19.8 Å². The smallest absolute Gasteiger partial charge is 0.333 e. The summed E-state index contributed by atoms with van der Waals surface area (Å²) in [6, 6.07) is 8.87. The first kappa shape index (κ1) is 23.6. The molecule has 2 fully saturated rings. The van der Waals surface area contributed by atoms with Crippen LogP contribution in [-0.2, 0) is 9.59 Å². The molecule has 1 heterocycles. The third-order valence-corrected chi connectivity index (χ3v) is 6.92. The van der Waals surface area contributed by atoms with Gasteiger partial charge in [0.15, 0.2) is 6.10 Å². The van der Waals surface area contributed by atoms with Crippen molar-refractivity contribution in [2.75, 3.05) is 24.5 Å². The average molecular weight is 431 g/mol. The SMILES string of the molecule is CC(C)C[C@H](C(=O)N1CCN(c2ccc(C3CCCCC3)cc2)C[C@H]1C)[C@H](O)C(=O)O. The molecule has 3 rings (SSSR count). The van der Waals surface area contributed by atoms with Crippen LogP contribution < -0.4 is 4.90 Å². The van der Waals surface area contributed by atoms with Crippen LogP contribution in [0.1, 0.15) is 70.8 Å². The van der Waals surface area contributed by atoms with Crippen LogP contribution >= 0.6 is 0 Å². The van der Waals surface area contributed by atoms with Crippen molar-refractivity contribution in [1.29, 1.82) is 0 Å². The van der Waals surface area contributed by atoms with Crippen molar-refractivity contribution in [1.82, 2.24) is 4.90 Å². The molecule has 1 aliphatic heterocycles. The minimum Gasteiger partial charge on any atom is -0.479 e. The van der Waals surface area contributed by atoms with E-state index in [1.165, 1.54) is 43.4 Å². The van der Waals surface area contributed by atoms with Gasteiger partial charge in [0.25, 0.3) is 0 Å². The lowest BCUT2D eigenvalue weighted by atomic mass is 9.84. The first-order valence-corrected chi connectivity index (χ1v) is 11.8. The summed E-state index contributed by atoms with van der Waals surface area (Å²) < 4.78 is 0. The molecule has 0 spiro atoms. The van der Waals surface area contributed by atoms with Crippen molar-refractivity contribution in [2.24, 2.45) is 11.8 Å². The van der Waals surface area contributed by atoms with Crippen LogP contribution in [0.25, 0.3) is 0 Å². The van der Waals surface area contributed by atoms with E-state index in [0.29, 0.717) is 32.0 Å². The number of carboxylic acid groups (broad SMARTS) is 1. The van der Waals surface area contributed by atoms with E-state index in [2.05, 4.69) is 29.2 Å². The second kappa shape index (κ2) is 10.5. The van der Waals surface area contributed by atoms with Crippen LogP contribution in [0.5, 0.6) is 0 Å². The summed E-state index contributed by atoms with van der Waals surface area (Å²) in [4.78, 5) is 28.5. The van der Waals surface area contributed by atoms with Gasteiger partial charge in [0.05, 0.1) is 5.92 Å². The summed E-state index contributed by atoms with van der Waals surface area (Å²) in [7, 11) is 0. The molecule has 1 aromatic carbocycles. The molecule has 1 saturated heterocycles. The first-order chi connectivity index (χ1) is 14.8. The maximum Gasteiger partial charge on any atom is 0.333 e. The standard InChI is InChI=1S/C25H38N2O4/c1-17(2)15-22(23(28)25(30)31)24(29)27-14-13-26(16-18(27)3)21-11-9-20(10-12-21)19-7-5-4-6-8-19/h9-12,17-19,22-23,28H,4-8,13-16H2,1-3H3,(H,30,31)/t18-,22+,23+/m1/s1. The Balaban J connectivity index is 1.64. The number of aliphatic hydroxyl groups is 1. The number of amides is 1. The van der Waals surface area contributed by atoms with Crippen molar-refractivity contribution >= 4 is 17.6 Å². The summed E-state index contributed by atoms with van der Waals surface area (Å²) >= 11 is 0. The summed E-state index contributed by atoms with van der Waals surface area (Å²) in [6.07, 6.45) is 5.29. The van der Waals surface area contributed by atoms with Crippen molar-refractivity contribution in [2.45, 2.75) is 77.4 Å². The highest BCUT2D eigenvalue weighted by Crippen LogP contribution is 2.33. The zero-order valence-corrected chi connectivity index (χ0v) is 19.2. The maximum absolute atomic E-state index is 13.1. The lowest BCUT2D eigenvalue weighted by Gasteiger charge is -2.42. The molecule has 1 aromatic rings. The number of rotatable bonds is 7. The third-order valence-electron chi connectivity index (χ3n) is 6.92. The van der Waals surface area contributed by atoms with E-state index in [4.69, 9.17) is 0 Å². The Kier molecular flexibility index (Phi) is 7.98. The van der Waals surface area contributed by atoms with Crippen LogP contribution in [-0.4, -0.2) is 58.8 Å². The van der Waals surface area contributed by atoms with E-state index in [-0.39, 0.29) is 17.9 Å². The molecule has 2 N–H and O–H groups in total. The highest BCUT2D eigenvalue weighted by atomic mass is 16.4. The number of carbonyl (C=O) groups is 2. The number of hydrogen-bond acceptors (Lipinski definition) is 4. The van der Waals surface area contributed by atoms with Crippen LogP contribution in [0, 0.1) is 11.8 Å². The summed E-state index contributed by atoms with van der Waals surface area (Å²) in [5.74, 6) is -1.66. The third kappa shape index (κ3) is 5.79. The Morgan fingerprint density at radius 1 is 1.06 bits per heavy atom. The fourth-order valence-corrected chi connectivity index (χ4v) is 5.17. The minimum atomic E-state index is -1.66. The number of nitrogens with zero attached hydrogens (tertiary/aromatic N) is 2. The molecule has 0 aromatic heterocycles. The number of benzene rings is 1. The molecule has 172 valence electrons. The van der Waals surface area contributed by atoms with Crippen molar-refractivity contribution in [3.05, 3.63) is 29.8 Å². The number of hydrogen-bond donors (Lipinski definition) is 2. The van der Waals surface area contributed by atoms with Gasteiger partial charge in [-0.15, -0.1) is 0 Å². The first-order valence-electron chi connectivity index (χ1n) is 11.8. The van der Waals surface area contributed by atoms with Gasteiger partial charge >= 0.3 is 5.97 Å². The lowest BCUT2D eigenvalue weighted by Crippen LogP contribution is -2.57. The lowest BCUT2D eigenvalue weighted by molar-refractivity contribution is -0.158. The number of aliphatic carboxylic acids is 1. The predicted molar refractivity (Wildman–Crippen MR) is 122 cm³/mol. The average Bonchev–Trinajstić information content (AvgIpc) is 2.77. The number of carboxylic acids is 1. The quantitative estimate of drug-likeness (QED) is 0.686. The predicted octanol–water partition coefficient (Wildman–Crippen LogP) is 3.88. The van der Waals surface area contributed by atoms with E-state index in [1.807, 2.05) is 20.8 Å². The Bertz CT molecular complexity index is 742. The number of carbonyl (C=O) groups excluding carboxylic acids is 1. The van der Waals surface area contributed by atoms with Gasteiger partial charge in [0.1, 0.15) is 0 Å². The van der Waals surface area contributed by atoms with Crippen LogP contribution in [0.4, 0.5) is 5.69 Å². The molecule has 0 radical (unpaired) electrons. The molecule has 0 unspecified atom stereocenters. The Morgan fingerprint density at radius 3 is 2.26 bits per heavy atom. The fourth-order valence-electron chi connectivity index (χ4n) is 5.17. The van der Waals surface area contributed by atoms with Crippen molar-refractivity contribution in [3.63, 3.8) is 0 Å². The molecule has 1 amide bonds. The van der Waals surface area contributed by atoms with Crippen LogP contribution in [0.15, 0.2) is 24.3 Å². The number of aliphatic hydroxyl groups excluding tert-OH is 1. The largest absolute Gasteiger partial charge is 0.479 e. The molecule has 6 heteroatoms. The zero-order chi connectivity index (χ0) is 22.5. The van der Waals surface area contributed by atoms with Crippen molar-refractivity contribution in [3.8, 4) is 0 Å². The summed E-state index contributed by atoms with van der Waals surface area (Å²) in [5, 5.41) is 19.4. The van der Waals surface area contributed by atoms with E-state index in [9.17, 15) is 19.8 Å². The molecule has 6 nitrogen and oxygen atoms in total. The van der Waals surface area contributed by atoms with E-state index in [0.717, 1.165) is 0 Å². The molecular weight excluding hydrogens is 392 g/mol. The molecule has 1 aliphatic carbocycles. The Morgan fingerprint density at radius 2 is 1.71 bits per heavy atom.